The Hall–Kier alpha value is -3.88. The van der Waals surface area contributed by atoms with Gasteiger partial charge in [-0.3, -0.25) is 19.1 Å². The molecular weight excluding hydrogens is 715 g/mol. The van der Waals surface area contributed by atoms with Gasteiger partial charge in [-0.2, -0.15) is 0 Å². The lowest BCUT2D eigenvalue weighted by Gasteiger charge is -2.27. The average molecular weight is 764 g/mol. The lowest BCUT2D eigenvalue weighted by Crippen LogP contribution is -2.49. The van der Waals surface area contributed by atoms with E-state index in [-0.39, 0.29) is 42.9 Å². The van der Waals surface area contributed by atoms with Gasteiger partial charge in [0.05, 0.1) is 47.6 Å². The summed E-state index contributed by atoms with van der Waals surface area (Å²) >= 11 is 1.51. The molecule has 0 bridgehead atoms. The van der Waals surface area contributed by atoms with Crippen molar-refractivity contribution in [3.63, 3.8) is 0 Å². The Morgan fingerprint density at radius 2 is 1.91 bits per heavy atom. The molecule has 14 heteroatoms. The molecule has 2 aromatic heterocycles. The van der Waals surface area contributed by atoms with Crippen molar-refractivity contribution in [3.05, 3.63) is 47.0 Å². The number of hydrogen-bond donors (Lipinski definition) is 2. The van der Waals surface area contributed by atoms with Crippen LogP contribution in [0.15, 0.2) is 35.7 Å². The fraction of sp³-hybridized carbons (Fsp3) is 0.564. The number of aromatic nitrogens is 2. The molecule has 2 saturated carbocycles. The number of nitrogens with one attached hydrogen (secondary N) is 1. The number of hydrogen-bond acceptors (Lipinski definition) is 11. The molecule has 2 aliphatic heterocycles. The van der Waals surface area contributed by atoms with Gasteiger partial charge in [0.2, 0.25) is 21.8 Å². The Bertz CT molecular complexity index is 2060. The van der Waals surface area contributed by atoms with E-state index in [1.807, 2.05) is 42.7 Å². The maximum Gasteiger partial charge on any atom is 0.240 e. The summed E-state index contributed by atoms with van der Waals surface area (Å²) in [6, 6.07) is 3.95. The summed E-state index contributed by atoms with van der Waals surface area (Å²) in [7, 11) is -2.20. The molecule has 3 aromatic rings. The minimum atomic E-state index is -3.81. The maximum absolute atomic E-state index is 14.4. The fourth-order valence-corrected chi connectivity index (χ4v) is 10.1. The second kappa shape index (κ2) is 14.7. The fourth-order valence-electron chi connectivity index (χ4n) is 7.74. The number of thiazole rings is 1. The number of sulfonamides is 1. The normalized spacial score (nSPS) is 27.5. The highest BCUT2D eigenvalue weighted by atomic mass is 32.2. The summed E-state index contributed by atoms with van der Waals surface area (Å²) in [5.74, 6) is -0.0546. The van der Waals surface area contributed by atoms with Gasteiger partial charge >= 0.3 is 0 Å². The number of ketones is 1. The maximum atomic E-state index is 14.4. The lowest BCUT2D eigenvalue weighted by molar-refractivity contribution is -0.140. The third-order valence-corrected chi connectivity index (χ3v) is 14.0. The number of aryl methyl sites for hydroxylation is 1. The molecule has 4 heterocycles. The number of methoxy groups -OCH3 is 1. The van der Waals surface area contributed by atoms with Crippen molar-refractivity contribution in [1.29, 1.82) is 0 Å². The Labute approximate surface area is 315 Å². The first-order valence-corrected chi connectivity index (χ1v) is 21.2. The minimum Gasteiger partial charge on any atom is -0.496 e. The molecule has 0 radical (unpaired) electrons. The Morgan fingerprint density at radius 3 is 2.62 bits per heavy atom. The second-order valence-electron chi connectivity index (χ2n) is 15.5. The van der Waals surface area contributed by atoms with Crippen LogP contribution >= 0.6 is 11.3 Å². The van der Waals surface area contributed by atoms with Crippen LogP contribution in [0.1, 0.15) is 95.2 Å². The number of nitrogens with zero attached hydrogens (tertiary/aromatic N) is 3. The van der Waals surface area contributed by atoms with Gasteiger partial charge in [-0.05, 0) is 69.4 Å². The van der Waals surface area contributed by atoms with E-state index in [4.69, 9.17) is 25.2 Å². The van der Waals surface area contributed by atoms with E-state index < -0.39 is 44.8 Å². The zero-order valence-electron chi connectivity index (χ0n) is 30.8. The second-order valence-corrected chi connectivity index (χ2v) is 18.3. The minimum absolute atomic E-state index is 0.130. The monoisotopic (exact) mass is 763 g/mol. The van der Waals surface area contributed by atoms with Gasteiger partial charge in [-0.1, -0.05) is 38.8 Å². The van der Waals surface area contributed by atoms with Crippen molar-refractivity contribution in [2.24, 2.45) is 17.1 Å². The number of nitrogens with two attached hydrogens (primary N) is 1. The first-order valence-electron chi connectivity index (χ1n) is 18.7. The summed E-state index contributed by atoms with van der Waals surface area (Å²) in [6.45, 7) is 6.25. The van der Waals surface area contributed by atoms with Crippen molar-refractivity contribution >= 4 is 49.9 Å². The van der Waals surface area contributed by atoms with Crippen molar-refractivity contribution in [3.8, 4) is 22.2 Å². The summed E-state index contributed by atoms with van der Waals surface area (Å²) in [5, 5.41) is 2.96. The van der Waals surface area contributed by atoms with Gasteiger partial charge in [0, 0.05) is 35.2 Å². The Morgan fingerprint density at radius 1 is 1.11 bits per heavy atom. The molecule has 0 spiro atoms. The summed E-state index contributed by atoms with van der Waals surface area (Å²) in [4.78, 5) is 53.5. The number of carbonyl (C=O) groups excluding carboxylic acids is 3. The molecule has 3 N–H and O–H groups in total. The van der Waals surface area contributed by atoms with E-state index in [1.54, 1.807) is 7.11 Å². The summed E-state index contributed by atoms with van der Waals surface area (Å²) in [5.41, 5.74) is 8.44. The number of pyridine rings is 1. The molecule has 5 atom stereocenters. The first kappa shape index (κ1) is 37.4. The van der Waals surface area contributed by atoms with Crippen molar-refractivity contribution in [1.82, 2.24) is 19.6 Å². The number of Topliss-reactive ketones (excluding diaryl/α,β-unsaturated/α-hetero) is 1. The van der Waals surface area contributed by atoms with Crippen LogP contribution in [0.5, 0.6) is 11.5 Å². The van der Waals surface area contributed by atoms with Crippen LogP contribution in [-0.4, -0.2) is 78.0 Å². The molecule has 1 saturated heterocycles. The predicted molar refractivity (Wildman–Crippen MR) is 203 cm³/mol. The molecule has 2 amide bonds. The molecule has 7 rings (SSSR count). The highest BCUT2D eigenvalue weighted by Gasteiger charge is 2.61. The van der Waals surface area contributed by atoms with Crippen LogP contribution in [0, 0.1) is 18.3 Å². The topological polar surface area (TPSA) is 171 Å². The highest BCUT2D eigenvalue weighted by molar-refractivity contribution is 7.90. The SMILES string of the molecule is COc1ccc2c(O[C@@H]3C[C@H]4C(=O)C[C@]5(C(=O)NS(=O)(=O)C6CC6)C[C@@H]5/C=C\CCCCC[C@H](N)C(=O)N4C3)cc(-c3nc(C(C)C)cs3)nc2c1C. The zero-order valence-corrected chi connectivity index (χ0v) is 32.4. The van der Waals surface area contributed by atoms with Gasteiger partial charge in [-0.15, -0.1) is 11.3 Å². The van der Waals surface area contributed by atoms with Crippen LogP contribution in [0.2, 0.25) is 0 Å². The molecule has 53 heavy (non-hydrogen) atoms. The Kier molecular flexibility index (Phi) is 10.4. The third kappa shape index (κ3) is 7.59. The van der Waals surface area contributed by atoms with Crippen molar-refractivity contribution < 1.29 is 32.3 Å². The molecular formula is C39H49N5O7S2. The summed E-state index contributed by atoms with van der Waals surface area (Å²) in [6.07, 6.45) is 8.65. The van der Waals surface area contributed by atoms with Crippen molar-refractivity contribution in [2.45, 2.75) is 114 Å². The highest BCUT2D eigenvalue weighted by Crippen LogP contribution is 2.57. The average Bonchev–Trinajstić information content (AvgIpc) is 4.00. The zero-order chi connectivity index (χ0) is 37.7. The van der Waals surface area contributed by atoms with Crippen LogP contribution < -0.4 is 19.9 Å². The molecule has 4 aliphatic rings. The molecule has 3 fully saturated rings. The largest absolute Gasteiger partial charge is 0.496 e. The number of benzene rings is 1. The van der Waals surface area contributed by atoms with Gasteiger partial charge in [0.25, 0.3) is 0 Å². The number of carbonyl (C=O) groups is 3. The Balaban J connectivity index is 1.21. The van der Waals surface area contributed by atoms with Crippen LogP contribution in [-0.2, 0) is 24.4 Å². The predicted octanol–water partition coefficient (Wildman–Crippen LogP) is 5.57. The van der Waals surface area contributed by atoms with Gasteiger partial charge in [-0.25, -0.2) is 18.4 Å². The number of rotatable bonds is 8. The smallest absolute Gasteiger partial charge is 0.240 e. The molecule has 1 aromatic carbocycles. The van der Waals surface area contributed by atoms with E-state index >= 15 is 0 Å². The first-order chi connectivity index (χ1) is 25.3. The van der Waals surface area contributed by atoms with E-state index in [2.05, 4.69) is 18.6 Å². The van der Waals surface area contributed by atoms with Crippen LogP contribution in [0.3, 0.4) is 0 Å². The molecule has 12 nitrogen and oxygen atoms in total. The number of ether oxygens (including phenoxy) is 2. The lowest BCUT2D eigenvalue weighted by atomic mass is 9.91. The van der Waals surface area contributed by atoms with Gasteiger partial charge in [0.1, 0.15) is 28.3 Å². The van der Waals surface area contributed by atoms with Gasteiger partial charge < -0.3 is 20.1 Å². The van der Waals surface area contributed by atoms with Crippen molar-refractivity contribution in [2.75, 3.05) is 13.7 Å². The number of allylic oxidation sites excluding steroid dienone is 2. The van der Waals surface area contributed by atoms with Crippen LogP contribution in [0.4, 0.5) is 0 Å². The number of amides is 2. The van der Waals surface area contributed by atoms with Gasteiger partial charge in [0.15, 0.2) is 5.78 Å². The third-order valence-electron chi connectivity index (χ3n) is 11.3. The van der Waals surface area contributed by atoms with E-state index in [1.165, 1.54) is 16.2 Å². The van der Waals surface area contributed by atoms with E-state index in [0.717, 1.165) is 47.3 Å². The van der Waals surface area contributed by atoms with E-state index in [9.17, 15) is 22.8 Å². The summed E-state index contributed by atoms with van der Waals surface area (Å²) < 4.78 is 40.3. The quantitative estimate of drug-likeness (QED) is 0.277. The standard InChI is InChI=1S/C39H49N5O7S2/c1-22(2)30-21-52-36(42-30)29-17-34(27-14-15-33(50-4)23(3)35(27)41-29)51-25-16-31-32(45)19-39(38(47)43-53(48,49)26-12-13-26)18-24(39)10-8-6-5-7-9-11-28(40)37(46)44(31)20-25/h8,10,14-15,17,21-22,24-26,28,31H,5-7,9,11-13,16,18-20,40H2,1-4H3,(H,43,47)/b10-8-/t24-,25+,28-,31-,39+/m0/s1. The molecule has 0 unspecified atom stereocenters. The molecule has 284 valence electrons. The van der Waals surface area contributed by atoms with Crippen LogP contribution in [0.25, 0.3) is 21.6 Å². The number of fused-ring (bicyclic) bond motifs is 3. The van der Waals surface area contributed by atoms with E-state index in [0.29, 0.717) is 48.4 Å². The molecule has 2 aliphatic carbocycles.